The van der Waals surface area contributed by atoms with Gasteiger partial charge in [-0.1, -0.05) is 30.9 Å². The summed E-state index contributed by atoms with van der Waals surface area (Å²) in [6, 6.07) is 1.58. The summed E-state index contributed by atoms with van der Waals surface area (Å²) in [4.78, 5) is 27.5. The third kappa shape index (κ3) is 2.78. The van der Waals surface area contributed by atoms with Crippen LogP contribution >= 0.6 is 11.6 Å². The van der Waals surface area contributed by atoms with Crippen molar-refractivity contribution >= 4 is 23.7 Å². The zero-order valence-corrected chi connectivity index (χ0v) is 10.9. The number of Topliss-reactive ketones (excluding diaryl/α,β-unsaturated/α-hetero) is 1. The summed E-state index contributed by atoms with van der Waals surface area (Å²) in [7, 11) is 0. The Morgan fingerprint density at radius 2 is 2.11 bits per heavy atom. The molecule has 1 aliphatic rings. The highest BCUT2D eigenvalue weighted by atomic mass is 35.5. The molecule has 1 fully saturated rings. The van der Waals surface area contributed by atoms with Gasteiger partial charge in [0.05, 0.1) is 16.5 Å². The topological polar surface area (TPSA) is 47.0 Å². The molecule has 1 atom stereocenters. The molecule has 2 rings (SSSR count). The normalized spacial score (nSPS) is 18.3. The first-order chi connectivity index (χ1) is 8.74. The minimum Gasteiger partial charge on any atom is -0.303 e. The molecule has 1 aromatic rings. The van der Waals surface area contributed by atoms with E-state index in [0.29, 0.717) is 10.6 Å². The molecule has 1 aromatic heterocycles. The van der Waals surface area contributed by atoms with Crippen LogP contribution in [0.3, 0.4) is 0 Å². The van der Waals surface area contributed by atoms with Crippen LogP contribution in [0.5, 0.6) is 0 Å². The van der Waals surface area contributed by atoms with Gasteiger partial charge in [0.1, 0.15) is 6.29 Å². The third-order valence-electron chi connectivity index (χ3n) is 3.64. The van der Waals surface area contributed by atoms with Crippen molar-refractivity contribution in [2.75, 3.05) is 0 Å². The summed E-state index contributed by atoms with van der Waals surface area (Å²) >= 11 is 5.98. The van der Waals surface area contributed by atoms with E-state index in [1.807, 2.05) is 0 Å². The molecular formula is C14H16ClNO2. The van der Waals surface area contributed by atoms with Gasteiger partial charge in [-0.2, -0.15) is 0 Å². The fourth-order valence-electron chi connectivity index (χ4n) is 2.62. The van der Waals surface area contributed by atoms with Crippen LogP contribution in [0, 0.1) is 11.8 Å². The van der Waals surface area contributed by atoms with Gasteiger partial charge in [0.2, 0.25) is 0 Å². The van der Waals surface area contributed by atoms with Crippen LogP contribution in [0.1, 0.15) is 42.5 Å². The first kappa shape index (κ1) is 13.2. The molecule has 0 N–H and O–H groups in total. The SMILES string of the molecule is O=CC(C(=O)c1cnccc1Cl)C1CCCCC1. The maximum atomic E-state index is 12.3. The Labute approximate surface area is 112 Å². The molecule has 1 saturated carbocycles. The van der Waals surface area contributed by atoms with Crippen LogP contribution in [-0.4, -0.2) is 17.1 Å². The second kappa shape index (κ2) is 6.10. The lowest BCUT2D eigenvalue weighted by Crippen LogP contribution is -2.27. The van der Waals surface area contributed by atoms with E-state index in [4.69, 9.17) is 11.6 Å². The van der Waals surface area contributed by atoms with Crippen LogP contribution in [0.25, 0.3) is 0 Å². The van der Waals surface area contributed by atoms with Gasteiger partial charge >= 0.3 is 0 Å². The van der Waals surface area contributed by atoms with Gasteiger partial charge < -0.3 is 4.79 Å². The maximum absolute atomic E-state index is 12.3. The van der Waals surface area contributed by atoms with Crippen LogP contribution in [0.15, 0.2) is 18.5 Å². The Hall–Kier alpha value is -1.22. The zero-order chi connectivity index (χ0) is 13.0. The smallest absolute Gasteiger partial charge is 0.176 e. The first-order valence-electron chi connectivity index (χ1n) is 6.33. The summed E-state index contributed by atoms with van der Waals surface area (Å²) in [5, 5.41) is 0.373. The number of hydrogen-bond acceptors (Lipinski definition) is 3. The van der Waals surface area contributed by atoms with Crippen molar-refractivity contribution in [1.82, 2.24) is 4.98 Å². The second-order valence-corrected chi connectivity index (χ2v) is 5.19. The van der Waals surface area contributed by atoms with Gasteiger partial charge in [-0.15, -0.1) is 0 Å². The van der Waals surface area contributed by atoms with Crippen LogP contribution < -0.4 is 0 Å². The van der Waals surface area contributed by atoms with Crippen LogP contribution in [-0.2, 0) is 4.79 Å². The number of carbonyl (C=O) groups is 2. The largest absolute Gasteiger partial charge is 0.303 e. The van der Waals surface area contributed by atoms with E-state index >= 15 is 0 Å². The minimum atomic E-state index is -0.563. The molecule has 0 amide bonds. The quantitative estimate of drug-likeness (QED) is 0.477. The fraction of sp³-hybridized carbons (Fsp3) is 0.500. The number of carbonyl (C=O) groups excluding carboxylic acids is 2. The number of pyridine rings is 1. The lowest BCUT2D eigenvalue weighted by atomic mass is 9.77. The van der Waals surface area contributed by atoms with Crippen molar-refractivity contribution < 1.29 is 9.59 Å². The summed E-state index contributed by atoms with van der Waals surface area (Å²) in [5.74, 6) is -0.581. The molecule has 0 aliphatic heterocycles. The molecule has 0 aromatic carbocycles. The molecule has 1 unspecified atom stereocenters. The second-order valence-electron chi connectivity index (χ2n) is 4.78. The van der Waals surface area contributed by atoms with Gasteiger partial charge in [-0.3, -0.25) is 9.78 Å². The number of ketones is 1. The van der Waals surface area contributed by atoms with E-state index in [-0.39, 0.29) is 11.7 Å². The predicted molar refractivity (Wildman–Crippen MR) is 69.7 cm³/mol. The van der Waals surface area contributed by atoms with Gasteiger partial charge in [-0.05, 0) is 24.8 Å². The standard InChI is InChI=1S/C14H16ClNO2/c15-13-6-7-16-8-11(13)14(18)12(9-17)10-4-2-1-3-5-10/h6-10,12H,1-5H2. The average Bonchev–Trinajstić information content (AvgIpc) is 2.41. The molecule has 0 bridgehead atoms. The van der Waals surface area contributed by atoms with Crippen LogP contribution in [0.2, 0.25) is 5.02 Å². The van der Waals surface area contributed by atoms with Gasteiger partial charge in [0.15, 0.2) is 5.78 Å². The molecule has 1 heterocycles. The minimum absolute atomic E-state index is 0.167. The van der Waals surface area contributed by atoms with E-state index in [9.17, 15) is 9.59 Å². The van der Waals surface area contributed by atoms with Crippen molar-refractivity contribution in [2.24, 2.45) is 11.8 Å². The summed E-state index contributed by atoms with van der Waals surface area (Å²) in [6.45, 7) is 0. The highest BCUT2D eigenvalue weighted by Crippen LogP contribution is 2.31. The Kier molecular flexibility index (Phi) is 4.48. The van der Waals surface area contributed by atoms with Crippen molar-refractivity contribution in [3.63, 3.8) is 0 Å². The van der Waals surface area contributed by atoms with Crippen LogP contribution in [0.4, 0.5) is 0 Å². The van der Waals surface area contributed by atoms with E-state index < -0.39 is 5.92 Å². The number of rotatable bonds is 4. The van der Waals surface area contributed by atoms with Gasteiger partial charge in [-0.25, -0.2) is 0 Å². The summed E-state index contributed by atoms with van der Waals surface area (Å²) in [5.41, 5.74) is 0.363. The van der Waals surface area contributed by atoms with Gasteiger partial charge in [0, 0.05) is 12.4 Å². The molecular weight excluding hydrogens is 250 g/mol. The van der Waals surface area contributed by atoms with Gasteiger partial charge in [0.25, 0.3) is 0 Å². The number of halogens is 1. The molecule has 18 heavy (non-hydrogen) atoms. The van der Waals surface area contributed by atoms with Crippen molar-refractivity contribution in [1.29, 1.82) is 0 Å². The highest BCUT2D eigenvalue weighted by molar-refractivity contribution is 6.34. The van der Waals surface area contributed by atoms with Crippen molar-refractivity contribution in [2.45, 2.75) is 32.1 Å². The molecule has 3 nitrogen and oxygen atoms in total. The zero-order valence-electron chi connectivity index (χ0n) is 10.1. The van der Waals surface area contributed by atoms with Crippen molar-refractivity contribution in [3.05, 3.63) is 29.0 Å². The molecule has 0 spiro atoms. The predicted octanol–water partition coefficient (Wildman–Crippen LogP) is 3.31. The van der Waals surface area contributed by atoms with Crippen molar-refractivity contribution in [3.8, 4) is 0 Å². The maximum Gasteiger partial charge on any atom is 0.176 e. The Bertz CT molecular complexity index is 441. The molecule has 96 valence electrons. The highest BCUT2D eigenvalue weighted by Gasteiger charge is 2.30. The third-order valence-corrected chi connectivity index (χ3v) is 3.97. The average molecular weight is 266 g/mol. The number of hydrogen-bond donors (Lipinski definition) is 0. The van der Waals surface area contributed by atoms with E-state index in [0.717, 1.165) is 32.0 Å². The fourth-order valence-corrected chi connectivity index (χ4v) is 2.82. The van der Waals surface area contributed by atoms with E-state index in [2.05, 4.69) is 4.98 Å². The number of aldehydes is 1. The van der Waals surface area contributed by atoms with E-state index in [1.54, 1.807) is 6.07 Å². The lowest BCUT2D eigenvalue weighted by Gasteiger charge is -2.25. The summed E-state index contributed by atoms with van der Waals surface area (Å²) in [6.07, 6.45) is 9.07. The first-order valence-corrected chi connectivity index (χ1v) is 6.71. The monoisotopic (exact) mass is 265 g/mol. The molecule has 0 radical (unpaired) electrons. The Morgan fingerprint density at radius 3 is 2.72 bits per heavy atom. The Morgan fingerprint density at radius 1 is 1.39 bits per heavy atom. The molecule has 1 aliphatic carbocycles. The van der Waals surface area contributed by atoms with E-state index in [1.165, 1.54) is 18.8 Å². The number of aromatic nitrogens is 1. The molecule has 0 saturated heterocycles. The number of nitrogens with zero attached hydrogens (tertiary/aromatic N) is 1. The summed E-state index contributed by atoms with van der Waals surface area (Å²) < 4.78 is 0. The lowest BCUT2D eigenvalue weighted by molar-refractivity contribution is -0.111. The Balaban J connectivity index is 2.19. The molecule has 4 heteroatoms.